The van der Waals surface area contributed by atoms with Crippen molar-refractivity contribution in [1.82, 2.24) is 0 Å². The van der Waals surface area contributed by atoms with E-state index in [9.17, 15) is 18.0 Å². The number of allylic oxidation sites excluding steroid dienone is 1. The molecule has 0 aromatic heterocycles. The minimum atomic E-state index is -4.36. The van der Waals surface area contributed by atoms with E-state index in [1.165, 1.54) is 6.92 Å². The van der Waals surface area contributed by atoms with Crippen molar-refractivity contribution in [2.24, 2.45) is 11.7 Å². The molecule has 0 aliphatic carbocycles. The van der Waals surface area contributed by atoms with Crippen molar-refractivity contribution in [2.75, 3.05) is 6.61 Å². The monoisotopic (exact) mass is 297 g/mol. The van der Waals surface area contributed by atoms with Gasteiger partial charge in [-0.05, 0) is 19.8 Å². The van der Waals surface area contributed by atoms with E-state index >= 15 is 0 Å². The van der Waals surface area contributed by atoms with Crippen molar-refractivity contribution in [1.29, 1.82) is 0 Å². The zero-order valence-corrected chi connectivity index (χ0v) is 12.1. The Hall–Kier alpha value is -1.08. The highest BCUT2D eigenvalue weighted by Gasteiger charge is 2.27. The van der Waals surface area contributed by atoms with Gasteiger partial charge in [0.15, 0.2) is 0 Å². The first kappa shape index (κ1) is 18.9. The van der Waals surface area contributed by atoms with Crippen molar-refractivity contribution in [3.63, 3.8) is 0 Å². The quantitative estimate of drug-likeness (QED) is 0.579. The van der Waals surface area contributed by atoms with E-state index in [-0.39, 0.29) is 18.6 Å². The lowest BCUT2D eigenvalue weighted by molar-refractivity contribution is -0.161. The number of rotatable bonds is 7. The van der Waals surface area contributed by atoms with Crippen LogP contribution in [0.2, 0.25) is 0 Å². The van der Waals surface area contributed by atoms with E-state index in [0.29, 0.717) is 0 Å². The summed E-state index contributed by atoms with van der Waals surface area (Å²) in [6.07, 6.45) is -4.46. The van der Waals surface area contributed by atoms with Crippen LogP contribution in [0.25, 0.3) is 0 Å². The Balaban J connectivity index is 4.41. The van der Waals surface area contributed by atoms with Gasteiger partial charge in [0, 0.05) is 6.08 Å². The summed E-state index contributed by atoms with van der Waals surface area (Å²) in [5.41, 5.74) is 5.40. The first-order valence-electron chi connectivity index (χ1n) is 6.36. The van der Waals surface area contributed by atoms with E-state index in [1.807, 2.05) is 13.8 Å². The van der Waals surface area contributed by atoms with Gasteiger partial charge in [0.2, 0.25) is 0 Å². The highest BCUT2D eigenvalue weighted by Crippen LogP contribution is 2.17. The van der Waals surface area contributed by atoms with Crippen LogP contribution < -0.4 is 5.73 Å². The number of ether oxygens (including phenoxy) is 2. The van der Waals surface area contributed by atoms with E-state index in [2.05, 4.69) is 0 Å². The number of esters is 1. The van der Waals surface area contributed by atoms with Gasteiger partial charge in [0.1, 0.15) is 12.1 Å². The predicted octanol–water partition coefficient (Wildman–Crippen LogP) is 2.43. The van der Waals surface area contributed by atoms with Crippen molar-refractivity contribution >= 4 is 5.97 Å². The zero-order valence-electron chi connectivity index (χ0n) is 12.1. The molecule has 3 atom stereocenters. The molecular formula is C13H22F3NO3. The van der Waals surface area contributed by atoms with Gasteiger partial charge in [-0.25, -0.2) is 0 Å². The van der Waals surface area contributed by atoms with Gasteiger partial charge < -0.3 is 15.2 Å². The van der Waals surface area contributed by atoms with Gasteiger partial charge >= 0.3 is 12.1 Å². The Bertz CT molecular complexity index is 327. The first-order chi connectivity index (χ1) is 9.04. The number of hydrogen-bond acceptors (Lipinski definition) is 4. The predicted molar refractivity (Wildman–Crippen MR) is 69.0 cm³/mol. The van der Waals surface area contributed by atoms with Crippen LogP contribution in [0, 0.1) is 5.92 Å². The van der Waals surface area contributed by atoms with Crippen molar-refractivity contribution < 1.29 is 27.4 Å². The standard InChI is InChI=1S/C13H22F3NO3/c1-8(2)11(20-12(18)9(3)17)10(4)19-7-5-6-13(14,15)16/h5-6,8-11H,7,17H2,1-4H3/b6-5+/t9-,10-,11+/m0/s1. The Morgan fingerprint density at radius 3 is 2.20 bits per heavy atom. The smallest absolute Gasteiger partial charge is 0.409 e. The summed E-state index contributed by atoms with van der Waals surface area (Å²) >= 11 is 0. The fourth-order valence-electron chi connectivity index (χ4n) is 1.50. The molecule has 0 aliphatic rings. The molecule has 2 N–H and O–H groups in total. The average molecular weight is 297 g/mol. The van der Waals surface area contributed by atoms with Gasteiger partial charge in [0.25, 0.3) is 0 Å². The lowest BCUT2D eigenvalue weighted by atomic mass is 10.0. The summed E-state index contributed by atoms with van der Waals surface area (Å²) in [7, 11) is 0. The molecule has 0 fully saturated rings. The van der Waals surface area contributed by atoms with Crippen molar-refractivity contribution in [3.05, 3.63) is 12.2 Å². The molecule has 0 amide bonds. The highest BCUT2D eigenvalue weighted by molar-refractivity contribution is 5.75. The van der Waals surface area contributed by atoms with Crippen LogP contribution >= 0.6 is 0 Å². The van der Waals surface area contributed by atoms with Gasteiger partial charge in [-0.15, -0.1) is 0 Å². The molecule has 0 radical (unpaired) electrons. The minimum Gasteiger partial charge on any atom is -0.458 e. The maximum absolute atomic E-state index is 11.9. The second-order valence-corrected chi connectivity index (χ2v) is 4.92. The molecule has 0 saturated carbocycles. The van der Waals surface area contributed by atoms with E-state index in [4.69, 9.17) is 15.2 Å². The molecule has 0 rings (SSSR count). The van der Waals surface area contributed by atoms with E-state index < -0.39 is 30.4 Å². The Labute approximate surface area is 117 Å². The Kier molecular flexibility index (Phi) is 7.82. The lowest BCUT2D eigenvalue weighted by Crippen LogP contribution is -2.40. The first-order valence-corrected chi connectivity index (χ1v) is 6.36. The second kappa shape index (κ2) is 8.26. The van der Waals surface area contributed by atoms with Crippen LogP contribution in [0.3, 0.4) is 0 Å². The van der Waals surface area contributed by atoms with Crippen LogP contribution in [0.4, 0.5) is 13.2 Å². The second-order valence-electron chi connectivity index (χ2n) is 4.92. The molecule has 118 valence electrons. The van der Waals surface area contributed by atoms with Crippen molar-refractivity contribution in [2.45, 2.75) is 52.1 Å². The summed E-state index contributed by atoms with van der Waals surface area (Å²) in [4.78, 5) is 11.5. The number of alkyl halides is 3. The molecule has 20 heavy (non-hydrogen) atoms. The molecule has 0 heterocycles. The third kappa shape index (κ3) is 8.16. The Morgan fingerprint density at radius 1 is 1.25 bits per heavy atom. The molecule has 0 unspecified atom stereocenters. The maximum Gasteiger partial charge on any atom is 0.409 e. The van der Waals surface area contributed by atoms with Crippen molar-refractivity contribution in [3.8, 4) is 0 Å². The number of carbonyl (C=O) groups excluding carboxylic acids is 1. The molecule has 7 heteroatoms. The van der Waals surface area contributed by atoms with E-state index in [0.717, 1.165) is 6.08 Å². The average Bonchev–Trinajstić information content (AvgIpc) is 2.29. The van der Waals surface area contributed by atoms with Crippen LogP contribution in [-0.4, -0.2) is 37.0 Å². The summed E-state index contributed by atoms with van der Waals surface area (Å²) in [6, 6.07) is -0.756. The molecule has 0 aromatic carbocycles. The van der Waals surface area contributed by atoms with Crippen LogP contribution in [0.1, 0.15) is 27.7 Å². The molecule has 4 nitrogen and oxygen atoms in total. The number of carbonyl (C=O) groups is 1. The third-order valence-corrected chi connectivity index (χ3v) is 2.51. The van der Waals surface area contributed by atoms with Crippen LogP contribution in [0.15, 0.2) is 12.2 Å². The highest BCUT2D eigenvalue weighted by atomic mass is 19.4. The third-order valence-electron chi connectivity index (χ3n) is 2.51. The topological polar surface area (TPSA) is 61.5 Å². The summed E-state index contributed by atoms with van der Waals surface area (Å²) < 4.78 is 46.1. The van der Waals surface area contributed by atoms with Gasteiger partial charge in [-0.3, -0.25) is 4.79 Å². The fourth-order valence-corrected chi connectivity index (χ4v) is 1.50. The lowest BCUT2D eigenvalue weighted by Gasteiger charge is -2.27. The molecule has 0 aromatic rings. The van der Waals surface area contributed by atoms with E-state index in [1.54, 1.807) is 6.92 Å². The summed E-state index contributed by atoms with van der Waals surface area (Å²) in [5, 5.41) is 0. The minimum absolute atomic E-state index is 0.0423. The molecule has 0 bridgehead atoms. The fraction of sp³-hybridized carbons (Fsp3) is 0.769. The largest absolute Gasteiger partial charge is 0.458 e. The molecule has 0 spiro atoms. The maximum atomic E-state index is 11.9. The van der Waals surface area contributed by atoms with Gasteiger partial charge in [-0.1, -0.05) is 19.9 Å². The SMILES string of the molecule is CC(C)[C@@H](OC(=O)[C@H](C)N)[C@H](C)OC/C=C/C(F)(F)F. The number of halogens is 3. The Morgan fingerprint density at radius 2 is 1.80 bits per heavy atom. The van der Waals surface area contributed by atoms with Gasteiger partial charge in [-0.2, -0.15) is 13.2 Å². The normalized spacial score (nSPS) is 17.2. The molecule has 0 saturated heterocycles. The van der Waals surface area contributed by atoms with Gasteiger partial charge in [0.05, 0.1) is 12.7 Å². The van der Waals surface area contributed by atoms with Crippen LogP contribution in [0.5, 0.6) is 0 Å². The molecular weight excluding hydrogens is 275 g/mol. The van der Waals surface area contributed by atoms with Crippen LogP contribution in [-0.2, 0) is 14.3 Å². The molecule has 0 aliphatic heterocycles. The zero-order chi connectivity index (χ0) is 15.9. The number of hydrogen-bond donors (Lipinski definition) is 1. The summed E-state index contributed by atoms with van der Waals surface area (Å²) in [6.45, 7) is 6.58. The summed E-state index contributed by atoms with van der Waals surface area (Å²) in [5.74, 6) is -0.607. The number of nitrogens with two attached hydrogens (primary N) is 1.